The van der Waals surface area contributed by atoms with Gasteiger partial charge in [0.2, 0.25) is 0 Å². The van der Waals surface area contributed by atoms with E-state index in [4.69, 9.17) is 4.74 Å². The number of hydrogen-bond donors (Lipinski definition) is 4. The molecule has 0 bridgehead atoms. The molecule has 0 aromatic heterocycles. The molecular weight excluding hydrogens is 517 g/mol. The molecule has 0 aliphatic heterocycles. The predicted molar refractivity (Wildman–Crippen MR) is 143 cm³/mol. The minimum Gasteiger partial charge on any atom is -0.376 e. The van der Waals surface area contributed by atoms with Crippen molar-refractivity contribution in [2.45, 2.75) is 40.0 Å². The van der Waals surface area contributed by atoms with Gasteiger partial charge in [0.05, 0.1) is 13.2 Å². The lowest BCUT2D eigenvalue weighted by molar-refractivity contribution is 0.0931. The van der Waals surface area contributed by atoms with Gasteiger partial charge in [0.15, 0.2) is 5.96 Å². The summed E-state index contributed by atoms with van der Waals surface area (Å²) < 4.78 is 5.80. The lowest BCUT2D eigenvalue weighted by Crippen LogP contribution is -2.39. The van der Waals surface area contributed by atoms with E-state index in [1.807, 2.05) is 56.3 Å². The Morgan fingerprint density at radius 3 is 2.28 bits per heavy atom. The third kappa shape index (κ3) is 11.3. The molecule has 32 heavy (non-hydrogen) atoms. The highest BCUT2D eigenvalue weighted by Crippen LogP contribution is 2.09. The normalized spacial score (nSPS) is 12.0. The van der Waals surface area contributed by atoms with Gasteiger partial charge >= 0.3 is 6.03 Å². The second-order valence-corrected chi connectivity index (χ2v) is 7.86. The Kier molecular flexibility index (Phi) is 13.4. The molecule has 2 aromatic carbocycles. The number of hydrogen-bond acceptors (Lipinski definition) is 3. The van der Waals surface area contributed by atoms with Gasteiger partial charge in [0, 0.05) is 31.9 Å². The summed E-state index contributed by atoms with van der Waals surface area (Å²) >= 11 is 0. The fourth-order valence-electron chi connectivity index (χ4n) is 2.82. The van der Waals surface area contributed by atoms with E-state index in [9.17, 15) is 4.79 Å². The third-order valence-electron chi connectivity index (χ3n) is 4.45. The number of halogens is 1. The summed E-state index contributed by atoms with van der Waals surface area (Å²) in [5.74, 6) is 1.10. The number of ether oxygens (including phenoxy) is 1. The van der Waals surface area contributed by atoms with Gasteiger partial charge in [0.25, 0.3) is 0 Å². The number of anilines is 1. The number of aliphatic imine (C=N–C) groups is 1. The van der Waals surface area contributed by atoms with Crippen LogP contribution in [-0.2, 0) is 17.9 Å². The maximum absolute atomic E-state index is 11.8. The Bertz CT molecular complexity index is 813. The monoisotopic (exact) mass is 553 g/mol. The molecule has 0 heterocycles. The number of nitrogens with zero attached hydrogens (tertiary/aromatic N) is 1. The Labute approximate surface area is 208 Å². The first-order valence-corrected chi connectivity index (χ1v) is 10.7. The van der Waals surface area contributed by atoms with Crippen molar-refractivity contribution in [3.05, 3.63) is 65.7 Å². The van der Waals surface area contributed by atoms with E-state index in [0.717, 1.165) is 23.8 Å². The number of carbonyl (C=O) groups excluding carboxylic acids is 1. The summed E-state index contributed by atoms with van der Waals surface area (Å²) in [6.45, 7) is 8.70. The van der Waals surface area contributed by atoms with Crippen LogP contribution >= 0.6 is 24.0 Å². The zero-order chi connectivity index (χ0) is 22.5. The molecule has 1 unspecified atom stereocenters. The molecule has 2 amide bonds. The number of carbonyl (C=O) groups is 1. The summed E-state index contributed by atoms with van der Waals surface area (Å²) in [5, 5.41) is 12.3. The van der Waals surface area contributed by atoms with Gasteiger partial charge in [-0.2, -0.15) is 0 Å². The van der Waals surface area contributed by atoms with Crippen LogP contribution in [0.4, 0.5) is 10.5 Å². The summed E-state index contributed by atoms with van der Waals surface area (Å²) in [7, 11) is 1.76. The van der Waals surface area contributed by atoms with E-state index in [-0.39, 0.29) is 36.0 Å². The average Bonchev–Trinajstić information content (AvgIpc) is 2.75. The van der Waals surface area contributed by atoms with Crippen LogP contribution in [0.1, 0.15) is 31.9 Å². The van der Waals surface area contributed by atoms with Crippen molar-refractivity contribution in [2.75, 3.05) is 25.5 Å². The molecule has 8 heteroatoms. The number of amides is 2. The Morgan fingerprint density at radius 1 is 0.969 bits per heavy atom. The Hall–Kier alpha value is -2.33. The number of nitrogens with one attached hydrogen (secondary N) is 4. The second kappa shape index (κ2) is 15.5. The van der Waals surface area contributed by atoms with Crippen molar-refractivity contribution >= 4 is 41.7 Å². The average molecular weight is 553 g/mol. The lowest BCUT2D eigenvalue weighted by Gasteiger charge is -2.16. The third-order valence-corrected chi connectivity index (χ3v) is 4.45. The molecule has 0 spiro atoms. The molecule has 0 aliphatic rings. The summed E-state index contributed by atoms with van der Waals surface area (Å²) in [4.78, 5) is 16.0. The summed E-state index contributed by atoms with van der Waals surface area (Å²) in [5.41, 5.74) is 3.03. The largest absolute Gasteiger partial charge is 0.376 e. The van der Waals surface area contributed by atoms with Crippen molar-refractivity contribution in [2.24, 2.45) is 10.9 Å². The first kappa shape index (κ1) is 27.7. The minimum absolute atomic E-state index is 0. The topological polar surface area (TPSA) is 86.8 Å². The number of urea groups is 1. The molecule has 0 aliphatic carbocycles. The van der Waals surface area contributed by atoms with Gasteiger partial charge in [-0.15, -0.1) is 24.0 Å². The fourth-order valence-corrected chi connectivity index (χ4v) is 2.82. The van der Waals surface area contributed by atoms with Crippen LogP contribution in [0, 0.1) is 5.92 Å². The standard InChI is InChI=1S/C24H35N5O2.HI/c1-18(2)28-24(30)29-22-12-10-20(11-13-22)15-27-23(25-4)26-14-19(3)16-31-17-21-8-6-5-7-9-21;/h5-13,18-19H,14-17H2,1-4H3,(H2,25,26,27)(H2,28,29,30);1H. The van der Waals surface area contributed by atoms with Crippen LogP contribution in [0.3, 0.4) is 0 Å². The van der Waals surface area contributed by atoms with Crippen molar-refractivity contribution < 1.29 is 9.53 Å². The predicted octanol–water partition coefficient (Wildman–Crippen LogP) is 4.35. The maximum Gasteiger partial charge on any atom is 0.319 e. The van der Waals surface area contributed by atoms with E-state index in [1.165, 1.54) is 5.56 Å². The van der Waals surface area contributed by atoms with Crippen molar-refractivity contribution in [1.29, 1.82) is 0 Å². The zero-order valence-corrected chi connectivity index (χ0v) is 21.7. The lowest BCUT2D eigenvalue weighted by atomic mass is 10.2. The fraction of sp³-hybridized carbons (Fsp3) is 0.417. The van der Waals surface area contributed by atoms with E-state index in [1.54, 1.807) is 7.05 Å². The number of benzene rings is 2. The van der Waals surface area contributed by atoms with Gasteiger partial charge in [-0.05, 0) is 43.0 Å². The number of rotatable bonds is 10. The van der Waals surface area contributed by atoms with Gasteiger partial charge in [-0.1, -0.05) is 49.4 Å². The zero-order valence-electron chi connectivity index (χ0n) is 19.4. The molecule has 1 atom stereocenters. The summed E-state index contributed by atoms with van der Waals surface area (Å²) in [6.07, 6.45) is 0. The molecule has 2 rings (SSSR count). The van der Waals surface area contributed by atoms with E-state index >= 15 is 0 Å². The van der Waals surface area contributed by atoms with Gasteiger partial charge in [-0.3, -0.25) is 4.99 Å². The van der Waals surface area contributed by atoms with Crippen LogP contribution in [0.2, 0.25) is 0 Å². The highest BCUT2D eigenvalue weighted by molar-refractivity contribution is 14.0. The van der Waals surface area contributed by atoms with E-state index in [2.05, 4.69) is 45.3 Å². The van der Waals surface area contributed by atoms with E-state index < -0.39 is 0 Å². The second-order valence-electron chi connectivity index (χ2n) is 7.86. The van der Waals surface area contributed by atoms with Gasteiger partial charge in [-0.25, -0.2) is 4.79 Å². The van der Waals surface area contributed by atoms with Crippen molar-refractivity contribution in [3.63, 3.8) is 0 Å². The molecule has 7 nitrogen and oxygen atoms in total. The molecule has 2 aromatic rings. The molecular formula is C24H36IN5O2. The molecule has 4 N–H and O–H groups in total. The van der Waals surface area contributed by atoms with Gasteiger partial charge in [0.1, 0.15) is 0 Å². The first-order chi connectivity index (χ1) is 15.0. The molecule has 0 saturated carbocycles. The van der Waals surface area contributed by atoms with Crippen LogP contribution in [0.5, 0.6) is 0 Å². The van der Waals surface area contributed by atoms with Crippen molar-refractivity contribution in [1.82, 2.24) is 16.0 Å². The molecule has 0 saturated heterocycles. The summed E-state index contributed by atoms with van der Waals surface area (Å²) in [6, 6.07) is 17.8. The maximum atomic E-state index is 11.8. The van der Waals surface area contributed by atoms with Gasteiger partial charge < -0.3 is 26.0 Å². The Balaban J connectivity index is 0.00000512. The number of guanidine groups is 1. The first-order valence-electron chi connectivity index (χ1n) is 10.7. The minimum atomic E-state index is -0.202. The SMILES string of the molecule is CN=C(NCc1ccc(NC(=O)NC(C)C)cc1)NCC(C)COCc1ccccc1.I. The highest BCUT2D eigenvalue weighted by atomic mass is 127. The van der Waals surface area contributed by atoms with Crippen LogP contribution in [-0.4, -0.2) is 38.2 Å². The van der Waals surface area contributed by atoms with Crippen LogP contribution < -0.4 is 21.3 Å². The molecule has 0 fully saturated rings. The van der Waals surface area contributed by atoms with Crippen molar-refractivity contribution in [3.8, 4) is 0 Å². The van der Waals surface area contributed by atoms with Crippen LogP contribution in [0.15, 0.2) is 59.6 Å². The molecule has 0 radical (unpaired) electrons. The highest BCUT2D eigenvalue weighted by Gasteiger charge is 2.06. The van der Waals surface area contributed by atoms with E-state index in [0.29, 0.717) is 25.7 Å². The quantitative estimate of drug-likeness (QED) is 0.200. The smallest absolute Gasteiger partial charge is 0.319 e. The Morgan fingerprint density at radius 2 is 1.66 bits per heavy atom. The van der Waals surface area contributed by atoms with Crippen LogP contribution in [0.25, 0.3) is 0 Å². The molecule has 176 valence electrons.